The van der Waals surface area contributed by atoms with Crippen LogP contribution in [0.15, 0.2) is 18.2 Å². The van der Waals surface area contributed by atoms with Gasteiger partial charge in [0.2, 0.25) is 0 Å². The average Bonchev–Trinajstić information content (AvgIpc) is 2.93. The Labute approximate surface area is 168 Å². The van der Waals surface area contributed by atoms with Gasteiger partial charge in [0.25, 0.3) is 5.91 Å². The second-order valence-corrected chi connectivity index (χ2v) is 7.71. The van der Waals surface area contributed by atoms with Gasteiger partial charge in [-0.2, -0.15) is 5.10 Å². The molecule has 0 saturated carbocycles. The van der Waals surface area contributed by atoms with Gasteiger partial charge in [-0.25, -0.2) is 4.79 Å². The molecule has 9 heteroatoms. The van der Waals surface area contributed by atoms with E-state index in [0.29, 0.717) is 39.5 Å². The summed E-state index contributed by atoms with van der Waals surface area (Å²) in [4.78, 5) is 26.3. The molecule has 0 unspecified atom stereocenters. The number of carboxylic acids is 1. The zero-order chi connectivity index (χ0) is 19.0. The topological polar surface area (TPSA) is 75.4 Å². The van der Waals surface area contributed by atoms with Crippen LogP contribution in [0.25, 0.3) is 0 Å². The number of fused-ring (bicyclic) bond motifs is 1. The van der Waals surface area contributed by atoms with Crippen molar-refractivity contribution in [3.63, 3.8) is 0 Å². The lowest BCUT2D eigenvalue weighted by molar-refractivity contribution is 0.0634. The third kappa shape index (κ3) is 3.48. The van der Waals surface area contributed by atoms with Gasteiger partial charge in [-0.1, -0.05) is 39.1 Å². The number of carbonyl (C=O) groups is 2. The van der Waals surface area contributed by atoms with Crippen LogP contribution < -0.4 is 0 Å². The summed E-state index contributed by atoms with van der Waals surface area (Å²) in [6, 6.07) is 4.61. The number of halogens is 3. The van der Waals surface area contributed by atoms with Gasteiger partial charge in [-0.15, -0.1) is 0 Å². The lowest BCUT2D eigenvalue weighted by atomic mass is 9.98. The molecule has 0 aliphatic carbocycles. The van der Waals surface area contributed by atoms with E-state index in [9.17, 15) is 14.7 Å². The zero-order valence-electron chi connectivity index (χ0n) is 13.9. The van der Waals surface area contributed by atoms with Crippen molar-refractivity contribution in [1.29, 1.82) is 0 Å². The highest BCUT2D eigenvalue weighted by molar-refractivity contribution is 9.09. The molecule has 26 heavy (non-hydrogen) atoms. The molecule has 1 aliphatic rings. The Morgan fingerprint density at radius 3 is 2.69 bits per heavy atom. The number of carboxylic acid groups (broad SMARTS) is 1. The van der Waals surface area contributed by atoms with Crippen molar-refractivity contribution < 1.29 is 14.7 Å². The maximum atomic E-state index is 12.9. The molecule has 1 N–H and O–H groups in total. The molecule has 0 bridgehead atoms. The summed E-state index contributed by atoms with van der Waals surface area (Å²) in [5.41, 5.74) is 1.87. The van der Waals surface area contributed by atoms with Crippen LogP contribution in [0.1, 0.15) is 39.0 Å². The van der Waals surface area contributed by atoms with Crippen LogP contribution in [-0.2, 0) is 19.5 Å². The van der Waals surface area contributed by atoms with Gasteiger partial charge >= 0.3 is 5.97 Å². The molecule has 138 valence electrons. The van der Waals surface area contributed by atoms with Crippen LogP contribution in [0.3, 0.4) is 0 Å². The summed E-state index contributed by atoms with van der Waals surface area (Å²) in [5, 5.41) is 15.3. The lowest BCUT2D eigenvalue weighted by Crippen LogP contribution is -2.42. The number of amides is 1. The molecular weight excluding hydrogens is 445 g/mol. The number of alkyl halides is 1. The minimum Gasteiger partial charge on any atom is -0.477 e. The summed E-state index contributed by atoms with van der Waals surface area (Å²) in [6.45, 7) is 2.56. The molecule has 1 aromatic heterocycles. The first-order chi connectivity index (χ1) is 12.3. The predicted octanol–water partition coefficient (Wildman–Crippen LogP) is 3.87. The highest BCUT2D eigenvalue weighted by Gasteiger charge is 2.34. The zero-order valence-corrected chi connectivity index (χ0v) is 17.0. The van der Waals surface area contributed by atoms with Gasteiger partial charge in [0.15, 0.2) is 5.69 Å². The normalized spacial score (nSPS) is 16.5. The van der Waals surface area contributed by atoms with Crippen molar-refractivity contribution in [3.8, 4) is 0 Å². The first-order valence-electron chi connectivity index (χ1n) is 7.97. The van der Waals surface area contributed by atoms with Gasteiger partial charge in [-0.3, -0.25) is 9.48 Å². The minimum atomic E-state index is -1.05. The molecule has 0 radical (unpaired) electrons. The maximum Gasteiger partial charge on any atom is 0.354 e. The van der Waals surface area contributed by atoms with Crippen LogP contribution in [-0.4, -0.2) is 43.0 Å². The van der Waals surface area contributed by atoms with Crippen molar-refractivity contribution in [2.24, 2.45) is 0 Å². The van der Waals surface area contributed by atoms with E-state index in [0.717, 1.165) is 5.69 Å². The highest BCUT2D eigenvalue weighted by atomic mass is 79.9. The second kappa shape index (κ2) is 7.58. The Kier molecular flexibility index (Phi) is 5.60. The predicted molar refractivity (Wildman–Crippen MR) is 102 cm³/mol. The number of aryl methyl sites for hydroxylation is 1. The minimum absolute atomic E-state index is 0.113. The molecule has 0 spiro atoms. The molecular formula is C17H16BrCl2N3O3. The molecule has 3 rings (SSSR count). The Morgan fingerprint density at radius 2 is 2.08 bits per heavy atom. The van der Waals surface area contributed by atoms with E-state index in [1.54, 1.807) is 17.0 Å². The maximum absolute atomic E-state index is 12.9. The van der Waals surface area contributed by atoms with Crippen molar-refractivity contribution >= 4 is 51.0 Å². The van der Waals surface area contributed by atoms with Gasteiger partial charge < -0.3 is 10.0 Å². The van der Waals surface area contributed by atoms with Gasteiger partial charge in [0.05, 0.1) is 28.8 Å². The summed E-state index contributed by atoms with van der Waals surface area (Å²) in [7, 11) is 0. The number of benzene rings is 1. The van der Waals surface area contributed by atoms with Gasteiger partial charge in [0.1, 0.15) is 0 Å². The fourth-order valence-electron chi connectivity index (χ4n) is 3.14. The van der Waals surface area contributed by atoms with Gasteiger partial charge in [0, 0.05) is 28.9 Å². The van der Waals surface area contributed by atoms with Crippen LogP contribution >= 0.6 is 39.1 Å². The van der Waals surface area contributed by atoms with Crippen LogP contribution in [0.4, 0.5) is 0 Å². The summed E-state index contributed by atoms with van der Waals surface area (Å²) < 4.78 is 1.49. The number of aromatic nitrogens is 2. The molecule has 1 amide bonds. The highest BCUT2D eigenvalue weighted by Crippen LogP contribution is 2.29. The van der Waals surface area contributed by atoms with Crippen LogP contribution in [0, 0.1) is 0 Å². The monoisotopic (exact) mass is 459 g/mol. The summed E-state index contributed by atoms with van der Waals surface area (Å²) in [5.74, 6) is -1.26. The molecule has 6 nitrogen and oxygen atoms in total. The fraction of sp³-hybridized carbons (Fsp3) is 0.353. The van der Waals surface area contributed by atoms with Crippen molar-refractivity contribution in [3.05, 3.63) is 50.8 Å². The molecule has 2 heterocycles. The molecule has 1 atom stereocenters. The quantitative estimate of drug-likeness (QED) is 0.702. The second-order valence-electron chi connectivity index (χ2n) is 6.11. The molecule has 0 fully saturated rings. The van der Waals surface area contributed by atoms with Crippen molar-refractivity contribution in [1.82, 2.24) is 14.7 Å². The molecule has 1 aromatic carbocycles. The standard InChI is InChI=1S/C17H16BrCl2N3O3/c1-9-6-14-11(15(17(25)26)23(21-14)5-4-18)8-22(9)16(24)10-2-3-12(19)13(20)7-10/h2-3,7,9H,4-6,8H2,1H3,(H,25,26)/t9-/m1/s1. The number of aromatic carboxylic acids is 1. The molecule has 1 aliphatic heterocycles. The third-order valence-corrected chi connectivity index (χ3v) is 5.50. The summed E-state index contributed by atoms with van der Waals surface area (Å²) >= 11 is 15.3. The number of nitrogens with zero attached hydrogens (tertiary/aromatic N) is 3. The number of carbonyl (C=O) groups excluding carboxylic acids is 1. The first kappa shape index (κ1) is 19.2. The number of rotatable bonds is 4. The Balaban J connectivity index is 1.96. The largest absolute Gasteiger partial charge is 0.477 e. The number of hydrogen-bond acceptors (Lipinski definition) is 3. The van der Waals surface area contributed by atoms with E-state index >= 15 is 0 Å². The SMILES string of the molecule is C[C@@H]1Cc2nn(CCBr)c(C(=O)O)c2CN1C(=O)c1ccc(Cl)c(Cl)c1. The first-order valence-corrected chi connectivity index (χ1v) is 9.85. The number of hydrogen-bond donors (Lipinski definition) is 1. The molecule has 2 aromatic rings. The molecule has 0 saturated heterocycles. The van der Waals surface area contributed by atoms with Crippen molar-refractivity contribution in [2.75, 3.05) is 5.33 Å². The Bertz CT molecular complexity index is 884. The smallest absolute Gasteiger partial charge is 0.354 e. The van der Waals surface area contributed by atoms with Crippen LogP contribution in [0.5, 0.6) is 0 Å². The average molecular weight is 461 g/mol. The lowest BCUT2D eigenvalue weighted by Gasteiger charge is -2.33. The van der Waals surface area contributed by atoms with E-state index in [1.165, 1.54) is 10.7 Å². The van der Waals surface area contributed by atoms with Gasteiger partial charge in [-0.05, 0) is 25.1 Å². The van der Waals surface area contributed by atoms with E-state index in [1.807, 2.05) is 6.92 Å². The van der Waals surface area contributed by atoms with E-state index in [-0.39, 0.29) is 24.2 Å². The third-order valence-electron chi connectivity index (χ3n) is 4.41. The van der Waals surface area contributed by atoms with E-state index < -0.39 is 5.97 Å². The Hall–Kier alpha value is -1.57. The Morgan fingerprint density at radius 1 is 1.35 bits per heavy atom. The van der Waals surface area contributed by atoms with Crippen LogP contribution in [0.2, 0.25) is 10.0 Å². The van der Waals surface area contributed by atoms with E-state index in [4.69, 9.17) is 23.2 Å². The van der Waals surface area contributed by atoms with Crippen molar-refractivity contribution in [2.45, 2.75) is 32.5 Å². The fourth-order valence-corrected chi connectivity index (χ4v) is 3.78. The van der Waals surface area contributed by atoms with E-state index in [2.05, 4.69) is 21.0 Å². The summed E-state index contributed by atoms with van der Waals surface area (Å²) in [6.07, 6.45) is 0.498.